The van der Waals surface area contributed by atoms with Crippen LogP contribution in [0.15, 0.2) is 53.4 Å². The molecule has 4 rings (SSSR count). The quantitative estimate of drug-likeness (QED) is 0.727. The van der Waals surface area contributed by atoms with Crippen molar-refractivity contribution in [1.29, 1.82) is 0 Å². The lowest BCUT2D eigenvalue weighted by Crippen LogP contribution is -2.19. The minimum absolute atomic E-state index is 0. The van der Waals surface area contributed by atoms with Crippen LogP contribution in [-0.2, 0) is 21.9 Å². The molecule has 1 unspecified atom stereocenters. The number of benzene rings is 2. The van der Waals surface area contributed by atoms with E-state index in [1.54, 1.807) is 12.1 Å². The van der Waals surface area contributed by atoms with Crippen molar-refractivity contribution in [2.24, 2.45) is 5.92 Å². The van der Waals surface area contributed by atoms with E-state index < -0.39 is 10.0 Å². The number of aryl methyl sites for hydroxylation is 1. The van der Waals surface area contributed by atoms with Crippen molar-refractivity contribution in [3.63, 3.8) is 0 Å². The standard InChI is InChI=1S/C21H26N2O2S.ClH/c1-2-3-4-16-5-11-20(12-6-16)26(24,25)23-19-9-7-17(8-10-19)21-13-18(21)14-22-15-21;/h5-12,18,22-23H,2-4,13-15H2,1H3;1H/t18-,21?;/m1./s1. The van der Waals surface area contributed by atoms with Gasteiger partial charge in [0.2, 0.25) is 0 Å². The smallest absolute Gasteiger partial charge is 0.261 e. The van der Waals surface area contributed by atoms with E-state index >= 15 is 0 Å². The summed E-state index contributed by atoms with van der Waals surface area (Å²) < 4.78 is 27.9. The van der Waals surface area contributed by atoms with E-state index in [2.05, 4.69) is 29.1 Å². The molecule has 0 aromatic heterocycles. The third-order valence-corrected chi connectivity index (χ3v) is 7.23. The molecule has 0 bridgehead atoms. The summed E-state index contributed by atoms with van der Waals surface area (Å²) in [6.45, 7) is 4.29. The van der Waals surface area contributed by atoms with Gasteiger partial charge < -0.3 is 5.32 Å². The van der Waals surface area contributed by atoms with E-state index in [1.807, 2.05) is 24.3 Å². The Morgan fingerprint density at radius 1 is 1.11 bits per heavy atom. The maximum absolute atomic E-state index is 12.6. The number of anilines is 1. The minimum atomic E-state index is -3.55. The summed E-state index contributed by atoms with van der Waals surface area (Å²) in [5.74, 6) is 0.747. The molecule has 2 fully saturated rings. The van der Waals surface area contributed by atoms with Crippen LogP contribution < -0.4 is 10.0 Å². The van der Waals surface area contributed by atoms with Gasteiger partial charge in [-0.3, -0.25) is 4.72 Å². The first-order valence-electron chi connectivity index (χ1n) is 9.46. The molecule has 2 atom stereocenters. The Balaban J connectivity index is 0.00000210. The molecule has 1 aliphatic carbocycles. The number of hydrogen-bond acceptors (Lipinski definition) is 3. The van der Waals surface area contributed by atoms with Crippen LogP contribution in [-0.4, -0.2) is 21.5 Å². The van der Waals surface area contributed by atoms with Crippen LogP contribution in [0.3, 0.4) is 0 Å². The van der Waals surface area contributed by atoms with Crippen LogP contribution >= 0.6 is 12.4 Å². The lowest BCUT2D eigenvalue weighted by atomic mass is 9.95. The number of hydrogen-bond donors (Lipinski definition) is 2. The predicted octanol–water partition coefficient (Wildman–Crippen LogP) is 4.11. The number of nitrogens with one attached hydrogen (secondary N) is 2. The average molecular weight is 407 g/mol. The highest BCUT2D eigenvalue weighted by Gasteiger charge is 2.57. The molecule has 4 nitrogen and oxygen atoms in total. The zero-order valence-corrected chi connectivity index (χ0v) is 17.2. The Morgan fingerprint density at radius 2 is 1.81 bits per heavy atom. The van der Waals surface area contributed by atoms with E-state index in [-0.39, 0.29) is 12.4 Å². The Hall–Kier alpha value is -1.56. The number of fused-ring (bicyclic) bond motifs is 1. The van der Waals surface area contributed by atoms with Gasteiger partial charge in [-0.25, -0.2) is 8.42 Å². The predicted molar refractivity (Wildman–Crippen MR) is 112 cm³/mol. The molecule has 1 saturated heterocycles. The summed E-state index contributed by atoms with van der Waals surface area (Å²) in [6, 6.07) is 15.1. The van der Waals surface area contributed by atoms with Gasteiger partial charge in [0.15, 0.2) is 0 Å². The Labute approximate surface area is 168 Å². The third-order valence-electron chi connectivity index (χ3n) is 5.83. The van der Waals surface area contributed by atoms with Crippen molar-refractivity contribution >= 4 is 28.1 Å². The Bertz CT molecular complexity index is 881. The number of halogens is 1. The number of piperidine rings is 1. The number of unbranched alkanes of at least 4 members (excludes halogenated alkanes) is 1. The fourth-order valence-electron chi connectivity index (χ4n) is 4.09. The van der Waals surface area contributed by atoms with E-state index in [4.69, 9.17) is 0 Å². The van der Waals surface area contributed by atoms with Crippen molar-refractivity contribution in [1.82, 2.24) is 5.32 Å². The summed E-state index contributed by atoms with van der Waals surface area (Å²) in [5.41, 5.74) is 3.41. The van der Waals surface area contributed by atoms with Crippen LogP contribution in [0.2, 0.25) is 0 Å². The van der Waals surface area contributed by atoms with Crippen molar-refractivity contribution < 1.29 is 8.42 Å². The van der Waals surface area contributed by atoms with Gasteiger partial charge in [0.1, 0.15) is 0 Å². The van der Waals surface area contributed by atoms with E-state index in [0.717, 1.165) is 38.3 Å². The van der Waals surface area contributed by atoms with Crippen molar-refractivity contribution in [3.05, 3.63) is 59.7 Å². The van der Waals surface area contributed by atoms with Crippen LogP contribution in [0, 0.1) is 5.92 Å². The SMILES string of the molecule is CCCCc1ccc(S(=O)(=O)Nc2ccc(C34CNC[C@H]3C4)cc2)cc1.Cl. The second-order valence-corrected chi connectivity index (χ2v) is 9.30. The first-order chi connectivity index (χ1) is 12.5. The van der Waals surface area contributed by atoms with Gasteiger partial charge in [-0.05, 0) is 67.1 Å². The van der Waals surface area contributed by atoms with Crippen LogP contribution in [0.1, 0.15) is 37.3 Å². The maximum Gasteiger partial charge on any atom is 0.261 e. The molecule has 1 heterocycles. The molecule has 2 aromatic rings. The average Bonchev–Trinajstić information content (AvgIpc) is 3.21. The fourth-order valence-corrected chi connectivity index (χ4v) is 5.15. The van der Waals surface area contributed by atoms with Crippen molar-refractivity contribution in [2.45, 2.75) is 42.9 Å². The van der Waals surface area contributed by atoms with E-state index in [1.165, 1.54) is 17.5 Å². The zero-order chi connectivity index (χ0) is 18.2. The molecular weight excluding hydrogens is 380 g/mol. The first kappa shape index (κ1) is 20.2. The molecular formula is C21H27ClN2O2S. The monoisotopic (exact) mass is 406 g/mol. The van der Waals surface area contributed by atoms with Crippen LogP contribution in [0.25, 0.3) is 0 Å². The zero-order valence-electron chi connectivity index (χ0n) is 15.6. The molecule has 0 amide bonds. The summed E-state index contributed by atoms with van der Waals surface area (Å²) >= 11 is 0. The molecule has 0 spiro atoms. The first-order valence-corrected chi connectivity index (χ1v) is 10.9. The highest BCUT2D eigenvalue weighted by Crippen LogP contribution is 2.56. The molecule has 2 aromatic carbocycles. The van der Waals surface area contributed by atoms with Crippen LogP contribution in [0.4, 0.5) is 5.69 Å². The summed E-state index contributed by atoms with van der Waals surface area (Å²) in [6.07, 6.45) is 4.49. The number of rotatable bonds is 7. The molecule has 1 aliphatic heterocycles. The van der Waals surface area contributed by atoms with E-state index in [0.29, 0.717) is 16.0 Å². The van der Waals surface area contributed by atoms with Crippen molar-refractivity contribution in [3.8, 4) is 0 Å². The van der Waals surface area contributed by atoms with Gasteiger partial charge in [0.05, 0.1) is 4.90 Å². The van der Waals surface area contributed by atoms with Crippen molar-refractivity contribution in [2.75, 3.05) is 17.8 Å². The minimum Gasteiger partial charge on any atom is -0.316 e. The van der Waals surface area contributed by atoms with Gasteiger partial charge in [0, 0.05) is 17.6 Å². The van der Waals surface area contributed by atoms with E-state index in [9.17, 15) is 8.42 Å². The van der Waals surface area contributed by atoms with Gasteiger partial charge in [-0.2, -0.15) is 0 Å². The molecule has 6 heteroatoms. The van der Waals surface area contributed by atoms with Gasteiger partial charge in [0.25, 0.3) is 10.0 Å². The molecule has 146 valence electrons. The summed E-state index contributed by atoms with van der Waals surface area (Å²) in [7, 11) is -3.55. The largest absolute Gasteiger partial charge is 0.316 e. The second kappa shape index (κ2) is 7.82. The Morgan fingerprint density at radius 3 is 2.37 bits per heavy atom. The summed E-state index contributed by atoms with van der Waals surface area (Å²) in [4.78, 5) is 0.308. The topological polar surface area (TPSA) is 58.2 Å². The normalized spacial score (nSPS) is 23.4. The highest BCUT2D eigenvalue weighted by molar-refractivity contribution is 7.92. The summed E-state index contributed by atoms with van der Waals surface area (Å²) in [5, 5.41) is 3.44. The van der Waals surface area contributed by atoms with Gasteiger partial charge >= 0.3 is 0 Å². The Kier molecular flexibility index (Phi) is 5.84. The number of sulfonamides is 1. The molecule has 1 saturated carbocycles. The van der Waals surface area contributed by atoms with Gasteiger partial charge in [-0.1, -0.05) is 37.6 Å². The second-order valence-electron chi connectivity index (χ2n) is 7.62. The molecule has 2 N–H and O–H groups in total. The van der Waals surface area contributed by atoms with Crippen LogP contribution in [0.5, 0.6) is 0 Å². The highest BCUT2D eigenvalue weighted by atomic mass is 35.5. The lowest BCUT2D eigenvalue weighted by Gasteiger charge is -2.14. The molecule has 0 radical (unpaired) electrons. The molecule has 2 aliphatic rings. The van der Waals surface area contributed by atoms with Gasteiger partial charge in [-0.15, -0.1) is 12.4 Å². The fraction of sp³-hybridized carbons (Fsp3) is 0.429. The maximum atomic E-state index is 12.6. The lowest BCUT2D eigenvalue weighted by molar-refractivity contribution is 0.601. The molecule has 27 heavy (non-hydrogen) atoms. The third kappa shape index (κ3) is 4.00.